The number of hydrogen-bond acceptors (Lipinski definition) is 4. The minimum atomic E-state index is -0.885. The first-order chi connectivity index (χ1) is 9.99. The molecule has 6 heteroatoms. The molecule has 0 fully saturated rings. The Morgan fingerprint density at radius 2 is 2.00 bits per heavy atom. The highest BCUT2D eigenvalue weighted by molar-refractivity contribution is 8.00. The van der Waals surface area contributed by atoms with Gasteiger partial charge in [0.15, 0.2) is 0 Å². The Hall–Kier alpha value is -1.14. The van der Waals surface area contributed by atoms with Gasteiger partial charge in [0.25, 0.3) is 5.91 Å². The van der Waals surface area contributed by atoms with Crippen LogP contribution >= 0.6 is 23.5 Å². The van der Waals surface area contributed by atoms with E-state index in [1.165, 1.54) is 11.8 Å². The normalized spacial score (nSPS) is 13.5. The lowest BCUT2D eigenvalue weighted by molar-refractivity contribution is -0.136. The molecule has 1 amide bonds. The summed E-state index contributed by atoms with van der Waals surface area (Å²) in [6.07, 6.45) is 2.88. The summed E-state index contributed by atoms with van der Waals surface area (Å²) in [5.74, 6) is -0.163. The SMILES string of the molecule is CCC(CSC)NC(=O)c1ccccc1SC(C)C(=O)O. The van der Waals surface area contributed by atoms with Crippen LogP contribution in [0.4, 0.5) is 0 Å². The zero-order valence-corrected chi connectivity index (χ0v) is 14.1. The van der Waals surface area contributed by atoms with Crippen LogP contribution in [0.2, 0.25) is 0 Å². The summed E-state index contributed by atoms with van der Waals surface area (Å²) in [7, 11) is 0. The number of thioether (sulfide) groups is 2. The Morgan fingerprint density at radius 3 is 2.57 bits per heavy atom. The molecule has 1 aromatic rings. The average molecular weight is 327 g/mol. The third-order valence-electron chi connectivity index (χ3n) is 2.98. The molecular weight excluding hydrogens is 306 g/mol. The van der Waals surface area contributed by atoms with Crippen molar-refractivity contribution < 1.29 is 14.7 Å². The van der Waals surface area contributed by atoms with Gasteiger partial charge in [0, 0.05) is 16.7 Å². The van der Waals surface area contributed by atoms with Gasteiger partial charge >= 0.3 is 5.97 Å². The van der Waals surface area contributed by atoms with E-state index in [9.17, 15) is 9.59 Å². The molecule has 2 unspecified atom stereocenters. The summed E-state index contributed by atoms with van der Waals surface area (Å²) in [6, 6.07) is 7.25. The number of aliphatic carboxylic acids is 1. The lowest BCUT2D eigenvalue weighted by Gasteiger charge is -2.17. The number of carboxylic acid groups (broad SMARTS) is 1. The largest absolute Gasteiger partial charge is 0.480 e. The van der Waals surface area contributed by atoms with E-state index in [1.807, 2.05) is 19.2 Å². The zero-order valence-electron chi connectivity index (χ0n) is 12.5. The van der Waals surface area contributed by atoms with Gasteiger partial charge < -0.3 is 10.4 Å². The lowest BCUT2D eigenvalue weighted by Crippen LogP contribution is -2.36. The van der Waals surface area contributed by atoms with Gasteiger partial charge in [-0.2, -0.15) is 11.8 Å². The van der Waals surface area contributed by atoms with Gasteiger partial charge in [0.2, 0.25) is 0 Å². The number of amides is 1. The van der Waals surface area contributed by atoms with E-state index in [2.05, 4.69) is 5.32 Å². The van der Waals surface area contributed by atoms with E-state index < -0.39 is 11.2 Å². The Balaban J connectivity index is 2.86. The van der Waals surface area contributed by atoms with Crippen molar-refractivity contribution in [2.75, 3.05) is 12.0 Å². The van der Waals surface area contributed by atoms with Crippen LogP contribution in [0.3, 0.4) is 0 Å². The second-order valence-corrected chi connectivity index (χ2v) is 6.92. The third-order valence-corrected chi connectivity index (χ3v) is 4.88. The van der Waals surface area contributed by atoms with Gasteiger partial charge in [-0.3, -0.25) is 9.59 Å². The molecule has 116 valence electrons. The molecule has 1 rings (SSSR count). The molecule has 0 saturated carbocycles. The van der Waals surface area contributed by atoms with Gasteiger partial charge in [-0.25, -0.2) is 0 Å². The molecule has 0 heterocycles. The molecule has 1 aromatic carbocycles. The lowest BCUT2D eigenvalue weighted by atomic mass is 10.2. The predicted octanol–water partition coefficient (Wildman–Crippen LogP) is 3.12. The number of carbonyl (C=O) groups excluding carboxylic acids is 1. The van der Waals surface area contributed by atoms with Crippen molar-refractivity contribution in [3.63, 3.8) is 0 Å². The fourth-order valence-electron chi connectivity index (χ4n) is 1.72. The summed E-state index contributed by atoms with van der Waals surface area (Å²) in [4.78, 5) is 24.0. The molecule has 0 saturated heterocycles. The summed E-state index contributed by atoms with van der Waals surface area (Å²) < 4.78 is 0. The van der Waals surface area contributed by atoms with Crippen LogP contribution in [-0.4, -0.2) is 40.3 Å². The van der Waals surface area contributed by atoms with Gasteiger partial charge in [0.05, 0.1) is 5.56 Å². The number of carboxylic acids is 1. The first kappa shape index (κ1) is 17.9. The second-order valence-electron chi connectivity index (χ2n) is 4.63. The van der Waals surface area contributed by atoms with Crippen molar-refractivity contribution in [1.29, 1.82) is 0 Å². The molecule has 0 aromatic heterocycles. The summed E-state index contributed by atoms with van der Waals surface area (Å²) in [6.45, 7) is 3.65. The predicted molar refractivity (Wildman–Crippen MR) is 89.3 cm³/mol. The Kier molecular flexibility index (Phi) is 7.67. The maximum atomic E-state index is 12.4. The molecule has 0 aliphatic rings. The molecule has 0 bridgehead atoms. The van der Waals surface area contributed by atoms with E-state index in [0.717, 1.165) is 12.2 Å². The minimum Gasteiger partial charge on any atom is -0.480 e. The third kappa shape index (κ3) is 5.63. The maximum absolute atomic E-state index is 12.4. The number of hydrogen-bond donors (Lipinski definition) is 2. The first-order valence-electron chi connectivity index (χ1n) is 6.77. The standard InChI is InChI=1S/C15H21NO3S2/c1-4-11(9-20-3)16-14(17)12-7-5-6-8-13(12)21-10(2)15(18)19/h5-8,10-11H,4,9H2,1-3H3,(H,16,17)(H,18,19). The molecule has 0 aliphatic heterocycles. The van der Waals surface area contributed by atoms with Gasteiger partial charge in [0.1, 0.15) is 5.25 Å². The number of benzene rings is 1. The number of rotatable bonds is 8. The number of carbonyl (C=O) groups is 2. The zero-order chi connectivity index (χ0) is 15.8. The topological polar surface area (TPSA) is 66.4 Å². The van der Waals surface area contributed by atoms with E-state index in [1.54, 1.807) is 36.9 Å². The molecule has 2 N–H and O–H groups in total. The Bertz CT molecular complexity index is 494. The minimum absolute atomic E-state index is 0.127. The monoisotopic (exact) mass is 327 g/mol. The molecule has 21 heavy (non-hydrogen) atoms. The Morgan fingerprint density at radius 1 is 1.33 bits per heavy atom. The molecule has 0 spiro atoms. The maximum Gasteiger partial charge on any atom is 0.316 e. The van der Waals surface area contributed by atoms with Crippen LogP contribution in [0, 0.1) is 0 Å². The average Bonchev–Trinajstić information content (AvgIpc) is 2.47. The van der Waals surface area contributed by atoms with Crippen molar-refractivity contribution in [2.24, 2.45) is 0 Å². The van der Waals surface area contributed by atoms with Gasteiger partial charge in [-0.15, -0.1) is 11.8 Å². The highest BCUT2D eigenvalue weighted by atomic mass is 32.2. The Labute approximate surface area is 134 Å². The molecule has 4 nitrogen and oxygen atoms in total. The van der Waals surface area contributed by atoms with Crippen LogP contribution in [-0.2, 0) is 4.79 Å². The fraction of sp³-hybridized carbons (Fsp3) is 0.467. The van der Waals surface area contributed by atoms with E-state index in [4.69, 9.17) is 5.11 Å². The summed E-state index contributed by atoms with van der Waals surface area (Å²) in [5.41, 5.74) is 0.537. The quantitative estimate of drug-likeness (QED) is 0.718. The van der Waals surface area contributed by atoms with Crippen molar-refractivity contribution in [3.8, 4) is 0 Å². The van der Waals surface area contributed by atoms with Crippen LogP contribution in [0.5, 0.6) is 0 Å². The molecule has 0 radical (unpaired) electrons. The van der Waals surface area contributed by atoms with E-state index >= 15 is 0 Å². The van der Waals surface area contributed by atoms with E-state index in [0.29, 0.717) is 10.5 Å². The fourth-order valence-corrected chi connectivity index (χ4v) is 3.37. The highest BCUT2D eigenvalue weighted by Crippen LogP contribution is 2.27. The highest BCUT2D eigenvalue weighted by Gasteiger charge is 2.19. The van der Waals surface area contributed by atoms with Crippen LogP contribution in [0.25, 0.3) is 0 Å². The van der Waals surface area contributed by atoms with Crippen LogP contribution in [0.15, 0.2) is 29.2 Å². The first-order valence-corrected chi connectivity index (χ1v) is 9.05. The summed E-state index contributed by atoms with van der Waals surface area (Å²) >= 11 is 2.88. The smallest absolute Gasteiger partial charge is 0.316 e. The molecule has 0 aliphatic carbocycles. The van der Waals surface area contributed by atoms with Crippen LogP contribution in [0.1, 0.15) is 30.6 Å². The number of nitrogens with one attached hydrogen (secondary N) is 1. The summed E-state index contributed by atoms with van der Waals surface area (Å²) in [5, 5.41) is 11.4. The van der Waals surface area contributed by atoms with Gasteiger partial charge in [-0.1, -0.05) is 19.1 Å². The molecular formula is C15H21NO3S2. The molecule has 2 atom stereocenters. The van der Waals surface area contributed by atoms with Crippen molar-refractivity contribution in [2.45, 2.75) is 36.5 Å². The van der Waals surface area contributed by atoms with Crippen molar-refractivity contribution in [3.05, 3.63) is 29.8 Å². The second kappa shape index (κ2) is 9.00. The van der Waals surface area contributed by atoms with Crippen molar-refractivity contribution >= 4 is 35.4 Å². The van der Waals surface area contributed by atoms with E-state index in [-0.39, 0.29) is 11.9 Å². The van der Waals surface area contributed by atoms with Crippen molar-refractivity contribution in [1.82, 2.24) is 5.32 Å². The van der Waals surface area contributed by atoms with Crippen LogP contribution < -0.4 is 5.32 Å². The van der Waals surface area contributed by atoms with Gasteiger partial charge in [-0.05, 0) is 31.7 Å².